The maximum absolute atomic E-state index is 12.7. The number of amides is 2. The molecule has 0 spiro atoms. The number of hydrogen-bond acceptors (Lipinski definition) is 5. The number of carbonyl (C=O) groups excluding carboxylic acids is 1. The van der Waals surface area contributed by atoms with Crippen LogP contribution in [0.15, 0.2) is 91.5 Å². The molecule has 3 aromatic carbocycles. The first-order valence-corrected chi connectivity index (χ1v) is 11.0. The van der Waals surface area contributed by atoms with Crippen LogP contribution >= 0.6 is 0 Å². The van der Waals surface area contributed by atoms with Crippen molar-refractivity contribution < 1.29 is 18.0 Å². The van der Waals surface area contributed by atoms with Gasteiger partial charge in [0.05, 0.1) is 5.56 Å². The lowest BCUT2D eigenvalue weighted by molar-refractivity contribution is -0.137. The number of nitrogens with two attached hydrogens (primary N) is 1. The fraction of sp³-hybridized carbons (Fsp3) is 0.0769. The number of fused-ring (bicyclic) bond motifs is 1. The minimum Gasteiger partial charge on any atom is -0.371 e. The zero-order chi connectivity index (χ0) is 26.4. The van der Waals surface area contributed by atoms with Crippen LogP contribution in [0, 0.1) is 0 Å². The number of halogens is 3. The molecule has 0 aliphatic carbocycles. The summed E-state index contributed by atoms with van der Waals surface area (Å²) in [6, 6.07) is 20.8. The predicted octanol–water partition coefficient (Wildman–Crippen LogP) is 5.72. The molecule has 0 saturated heterocycles. The number of rotatable bonds is 4. The summed E-state index contributed by atoms with van der Waals surface area (Å²) in [5.41, 5.74) is 8.16. The van der Waals surface area contributed by atoms with Crippen molar-refractivity contribution in [2.75, 3.05) is 17.7 Å². The topological polar surface area (TPSA) is 111 Å². The Hall–Kier alpha value is -4.93. The van der Waals surface area contributed by atoms with Crippen LogP contribution in [-0.2, 0) is 6.18 Å². The molecule has 0 saturated carbocycles. The Morgan fingerprint density at radius 1 is 0.892 bits per heavy atom. The highest BCUT2D eigenvalue weighted by Gasteiger charge is 2.33. The fourth-order valence-electron chi connectivity index (χ4n) is 3.65. The minimum absolute atomic E-state index is 0.218. The molecule has 2 aromatic heterocycles. The van der Waals surface area contributed by atoms with Gasteiger partial charge in [0, 0.05) is 18.4 Å². The lowest BCUT2D eigenvalue weighted by atomic mass is 9.99. The number of urea groups is 1. The summed E-state index contributed by atoms with van der Waals surface area (Å²) in [5.74, 6) is 0.672. The molecule has 0 aliphatic rings. The molecule has 2 heterocycles. The van der Waals surface area contributed by atoms with Gasteiger partial charge in [0.1, 0.15) is 12.7 Å². The maximum Gasteiger partial charge on any atom is 0.417 e. The standard InChI is InChI=1S/C13H9F3.C13H13N7O/c14-13(15,16)12-9-5-4-8-11(12)10-6-2-1-3-7-10;1-15-11-10-12(17-6-16-11)20(7-18-10)9-4-2-8(3-5-9)19-13(14)21/h1-9H;2-7H,1H3,(H3,14,19,21)(H,15,16,17). The molecule has 0 fully saturated rings. The summed E-state index contributed by atoms with van der Waals surface area (Å²) >= 11 is 0. The Kier molecular flexibility index (Phi) is 7.33. The Morgan fingerprint density at radius 3 is 2.22 bits per heavy atom. The van der Waals surface area contributed by atoms with Gasteiger partial charge in [0.2, 0.25) is 0 Å². The second kappa shape index (κ2) is 10.8. The van der Waals surface area contributed by atoms with Crippen molar-refractivity contribution in [1.29, 1.82) is 0 Å². The third-order valence-electron chi connectivity index (χ3n) is 5.30. The second-order valence-corrected chi connectivity index (χ2v) is 7.70. The zero-order valence-corrected chi connectivity index (χ0v) is 19.6. The van der Waals surface area contributed by atoms with Crippen LogP contribution in [0.3, 0.4) is 0 Å². The number of nitrogens with one attached hydrogen (secondary N) is 2. The second-order valence-electron chi connectivity index (χ2n) is 7.70. The summed E-state index contributed by atoms with van der Waals surface area (Å²) in [7, 11) is 1.78. The van der Waals surface area contributed by atoms with Gasteiger partial charge in [-0.3, -0.25) is 4.57 Å². The Balaban J connectivity index is 0.000000180. The molecular formula is C26H22F3N7O. The number of nitrogens with zero attached hydrogens (tertiary/aromatic N) is 4. The van der Waals surface area contributed by atoms with E-state index in [4.69, 9.17) is 5.73 Å². The van der Waals surface area contributed by atoms with Crippen molar-refractivity contribution in [3.63, 3.8) is 0 Å². The zero-order valence-electron chi connectivity index (χ0n) is 19.6. The molecule has 2 amide bonds. The molecule has 37 heavy (non-hydrogen) atoms. The van der Waals surface area contributed by atoms with Crippen LogP contribution in [0.5, 0.6) is 0 Å². The maximum atomic E-state index is 12.7. The first kappa shape index (κ1) is 25.2. The summed E-state index contributed by atoms with van der Waals surface area (Å²) in [6.45, 7) is 0. The molecule has 0 unspecified atom stereocenters. The van der Waals surface area contributed by atoms with Crippen LogP contribution < -0.4 is 16.4 Å². The van der Waals surface area contributed by atoms with Crippen molar-refractivity contribution in [3.05, 3.63) is 97.1 Å². The highest BCUT2D eigenvalue weighted by atomic mass is 19.4. The minimum atomic E-state index is -4.31. The van der Waals surface area contributed by atoms with Crippen LogP contribution in [0.25, 0.3) is 28.0 Å². The van der Waals surface area contributed by atoms with Crippen LogP contribution in [0.4, 0.5) is 29.5 Å². The molecule has 0 atom stereocenters. The summed E-state index contributed by atoms with van der Waals surface area (Å²) in [4.78, 5) is 23.5. The van der Waals surface area contributed by atoms with Crippen molar-refractivity contribution >= 4 is 28.7 Å². The van der Waals surface area contributed by atoms with E-state index in [1.165, 1.54) is 18.5 Å². The van der Waals surface area contributed by atoms with Gasteiger partial charge in [-0.25, -0.2) is 19.7 Å². The van der Waals surface area contributed by atoms with Gasteiger partial charge in [-0.1, -0.05) is 48.5 Å². The van der Waals surface area contributed by atoms with E-state index in [1.807, 2.05) is 16.7 Å². The van der Waals surface area contributed by atoms with E-state index < -0.39 is 17.8 Å². The molecule has 0 bridgehead atoms. The van der Waals surface area contributed by atoms with Crippen molar-refractivity contribution in [2.45, 2.75) is 6.18 Å². The van der Waals surface area contributed by atoms with E-state index in [2.05, 4.69) is 25.6 Å². The van der Waals surface area contributed by atoms with Crippen molar-refractivity contribution in [3.8, 4) is 16.8 Å². The first-order valence-electron chi connectivity index (χ1n) is 11.0. The number of primary amides is 1. The molecule has 4 N–H and O–H groups in total. The van der Waals surface area contributed by atoms with E-state index in [9.17, 15) is 18.0 Å². The normalized spacial score (nSPS) is 10.9. The summed E-state index contributed by atoms with van der Waals surface area (Å²) in [6.07, 6.45) is -1.15. The van der Waals surface area contributed by atoms with E-state index in [0.717, 1.165) is 11.8 Å². The highest BCUT2D eigenvalue weighted by Crippen LogP contribution is 2.36. The largest absolute Gasteiger partial charge is 0.417 e. The SMILES string of the molecule is CNc1ncnc2c1ncn2-c1ccc(NC(N)=O)cc1.FC(F)(F)c1ccccc1-c1ccccc1. The van der Waals surface area contributed by atoms with Crippen LogP contribution in [0.1, 0.15) is 5.56 Å². The predicted molar refractivity (Wildman–Crippen MR) is 136 cm³/mol. The van der Waals surface area contributed by atoms with Gasteiger partial charge in [0.15, 0.2) is 17.0 Å². The average Bonchev–Trinajstić information content (AvgIpc) is 3.34. The van der Waals surface area contributed by atoms with Gasteiger partial charge < -0.3 is 16.4 Å². The van der Waals surface area contributed by atoms with Gasteiger partial charge in [-0.15, -0.1) is 0 Å². The number of imidazole rings is 1. The average molecular weight is 506 g/mol. The van der Waals surface area contributed by atoms with E-state index >= 15 is 0 Å². The quantitative estimate of drug-likeness (QED) is 0.289. The molecular weight excluding hydrogens is 483 g/mol. The smallest absolute Gasteiger partial charge is 0.371 e. The molecule has 11 heteroatoms. The molecule has 0 aliphatic heterocycles. The fourth-order valence-corrected chi connectivity index (χ4v) is 3.65. The van der Waals surface area contributed by atoms with Crippen LogP contribution in [0.2, 0.25) is 0 Å². The number of aromatic nitrogens is 4. The first-order chi connectivity index (χ1) is 17.8. The molecule has 5 aromatic rings. The van der Waals surface area contributed by atoms with Gasteiger partial charge in [-0.2, -0.15) is 13.2 Å². The number of carbonyl (C=O) groups is 1. The number of alkyl halides is 3. The monoisotopic (exact) mass is 505 g/mol. The Bertz CT molecular complexity index is 1500. The summed E-state index contributed by atoms with van der Waals surface area (Å²) in [5, 5.41) is 5.49. The number of anilines is 2. The highest BCUT2D eigenvalue weighted by molar-refractivity contribution is 5.88. The molecule has 0 radical (unpaired) electrons. The third-order valence-corrected chi connectivity index (χ3v) is 5.30. The Morgan fingerprint density at radius 2 is 1.57 bits per heavy atom. The van der Waals surface area contributed by atoms with E-state index in [-0.39, 0.29) is 5.56 Å². The third kappa shape index (κ3) is 5.84. The lowest BCUT2D eigenvalue weighted by Gasteiger charge is -2.12. The molecule has 8 nitrogen and oxygen atoms in total. The Labute approximate surface area is 210 Å². The molecule has 188 valence electrons. The lowest BCUT2D eigenvalue weighted by Crippen LogP contribution is -2.19. The molecule has 5 rings (SSSR count). The van der Waals surface area contributed by atoms with E-state index in [0.29, 0.717) is 28.2 Å². The summed E-state index contributed by atoms with van der Waals surface area (Å²) < 4.78 is 40.0. The van der Waals surface area contributed by atoms with Gasteiger partial charge >= 0.3 is 12.2 Å². The van der Waals surface area contributed by atoms with Crippen molar-refractivity contribution in [1.82, 2.24) is 19.5 Å². The van der Waals surface area contributed by atoms with E-state index in [1.54, 1.807) is 61.9 Å². The van der Waals surface area contributed by atoms with Gasteiger partial charge in [0.25, 0.3) is 0 Å². The number of hydrogen-bond donors (Lipinski definition) is 3. The number of benzene rings is 3. The van der Waals surface area contributed by atoms with Gasteiger partial charge in [-0.05, 0) is 41.5 Å². The van der Waals surface area contributed by atoms with Crippen molar-refractivity contribution in [2.24, 2.45) is 5.73 Å². The van der Waals surface area contributed by atoms with Crippen LogP contribution in [-0.4, -0.2) is 32.6 Å².